The van der Waals surface area contributed by atoms with Crippen molar-refractivity contribution in [2.45, 2.75) is 39.7 Å². The molecule has 0 saturated carbocycles. The van der Waals surface area contributed by atoms with Gasteiger partial charge in [0.05, 0.1) is 6.54 Å². The summed E-state index contributed by atoms with van der Waals surface area (Å²) in [6.07, 6.45) is 0.478. The van der Waals surface area contributed by atoms with E-state index in [-0.39, 0.29) is 0 Å². The molecule has 0 aromatic heterocycles. The van der Waals surface area contributed by atoms with Gasteiger partial charge in [0, 0.05) is 5.56 Å². The summed E-state index contributed by atoms with van der Waals surface area (Å²) in [7, 11) is 0. The lowest BCUT2D eigenvalue weighted by molar-refractivity contribution is 0.0520. The molecule has 2 aromatic carbocycles. The Morgan fingerprint density at radius 3 is 2.57 bits per heavy atom. The molecule has 1 amide bonds. The average Bonchev–Trinajstić information content (AvgIpc) is 2.49. The fourth-order valence-corrected chi connectivity index (χ4v) is 2.44. The first-order valence-corrected chi connectivity index (χ1v) is 8.01. The van der Waals surface area contributed by atoms with Crippen molar-refractivity contribution in [2.24, 2.45) is 0 Å². The van der Waals surface area contributed by atoms with Crippen molar-refractivity contribution in [3.8, 4) is 5.75 Å². The molecule has 4 nitrogen and oxygen atoms in total. The van der Waals surface area contributed by atoms with E-state index in [4.69, 9.17) is 9.47 Å². The van der Waals surface area contributed by atoms with Crippen LogP contribution in [-0.2, 0) is 11.2 Å². The maximum Gasteiger partial charge on any atom is 0.407 e. The highest BCUT2D eigenvalue weighted by Crippen LogP contribution is 2.28. The van der Waals surface area contributed by atoms with Gasteiger partial charge in [-0.2, -0.15) is 0 Å². The van der Waals surface area contributed by atoms with E-state index in [1.54, 1.807) is 0 Å². The van der Waals surface area contributed by atoms with Gasteiger partial charge in [-0.05, 0) is 44.0 Å². The number of hydrogen-bond acceptors (Lipinski definition) is 3. The third-order valence-corrected chi connectivity index (χ3v) is 3.38. The number of alkyl carbamates (subject to hydrolysis) is 1. The molecule has 4 heteroatoms. The molecule has 0 saturated heterocycles. The number of fused-ring (bicyclic) bond motifs is 1. The lowest BCUT2D eigenvalue weighted by atomic mass is 10.0. The first-order valence-electron chi connectivity index (χ1n) is 8.01. The van der Waals surface area contributed by atoms with Crippen LogP contribution in [0.5, 0.6) is 5.75 Å². The Morgan fingerprint density at radius 2 is 1.87 bits per heavy atom. The van der Waals surface area contributed by atoms with Gasteiger partial charge >= 0.3 is 6.09 Å². The number of nitrogens with one attached hydrogen (secondary N) is 1. The smallest absolute Gasteiger partial charge is 0.407 e. The number of carbonyl (C=O) groups excluding carboxylic acids is 1. The van der Waals surface area contributed by atoms with Crippen LogP contribution in [0.3, 0.4) is 0 Å². The Kier molecular flexibility index (Phi) is 5.48. The second-order valence-electron chi connectivity index (χ2n) is 6.39. The van der Waals surface area contributed by atoms with Crippen LogP contribution in [0, 0.1) is 0 Å². The molecular formula is C19H25NO3. The van der Waals surface area contributed by atoms with E-state index >= 15 is 0 Å². The number of amides is 1. The lowest BCUT2D eigenvalue weighted by Crippen LogP contribution is -2.34. The second-order valence-corrected chi connectivity index (χ2v) is 6.39. The van der Waals surface area contributed by atoms with Crippen molar-refractivity contribution in [2.75, 3.05) is 13.2 Å². The number of rotatable bonds is 5. The minimum atomic E-state index is -0.487. The van der Waals surface area contributed by atoms with E-state index in [0.717, 1.165) is 12.2 Å². The number of ether oxygens (including phenoxy) is 2. The SMILES string of the molecule is CCc1c(OCCNC(=O)OC(C)(C)C)ccc2ccccc12. The first kappa shape index (κ1) is 17.1. The highest BCUT2D eigenvalue weighted by Gasteiger charge is 2.15. The van der Waals surface area contributed by atoms with Crippen LogP contribution in [0.2, 0.25) is 0 Å². The van der Waals surface area contributed by atoms with Gasteiger partial charge in [0.1, 0.15) is 18.0 Å². The van der Waals surface area contributed by atoms with Gasteiger partial charge < -0.3 is 14.8 Å². The average molecular weight is 315 g/mol. The molecule has 0 radical (unpaired) electrons. The normalized spacial score (nSPS) is 11.3. The summed E-state index contributed by atoms with van der Waals surface area (Å²) in [6, 6.07) is 12.3. The summed E-state index contributed by atoms with van der Waals surface area (Å²) in [5, 5.41) is 5.12. The van der Waals surface area contributed by atoms with Gasteiger partial charge in [0.2, 0.25) is 0 Å². The lowest BCUT2D eigenvalue weighted by Gasteiger charge is -2.20. The molecule has 0 atom stereocenters. The zero-order chi connectivity index (χ0) is 16.9. The summed E-state index contributed by atoms with van der Waals surface area (Å²) in [6.45, 7) is 8.45. The van der Waals surface area contributed by atoms with E-state index in [0.29, 0.717) is 13.2 Å². The zero-order valence-corrected chi connectivity index (χ0v) is 14.3. The number of aryl methyl sites for hydroxylation is 1. The maximum absolute atomic E-state index is 11.6. The van der Waals surface area contributed by atoms with Crippen molar-refractivity contribution in [1.29, 1.82) is 0 Å². The molecule has 23 heavy (non-hydrogen) atoms. The van der Waals surface area contributed by atoms with Crippen molar-refractivity contribution in [1.82, 2.24) is 5.32 Å². The largest absolute Gasteiger partial charge is 0.491 e. The van der Waals surface area contributed by atoms with Gasteiger partial charge in [-0.3, -0.25) is 0 Å². The van der Waals surface area contributed by atoms with E-state index < -0.39 is 11.7 Å². The summed E-state index contributed by atoms with van der Waals surface area (Å²) < 4.78 is 11.0. The molecule has 0 aliphatic heterocycles. The van der Waals surface area contributed by atoms with Crippen LogP contribution >= 0.6 is 0 Å². The van der Waals surface area contributed by atoms with Crippen molar-refractivity contribution in [3.05, 3.63) is 42.0 Å². The standard InChI is InChI=1S/C19H25NO3/c1-5-15-16-9-7-6-8-14(16)10-11-17(15)22-13-12-20-18(21)23-19(2,3)4/h6-11H,5,12-13H2,1-4H3,(H,20,21). The van der Waals surface area contributed by atoms with Gasteiger partial charge in [0.15, 0.2) is 0 Å². The van der Waals surface area contributed by atoms with Crippen LogP contribution in [-0.4, -0.2) is 24.8 Å². The fourth-order valence-electron chi connectivity index (χ4n) is 2.44. The van der Waals surface area contributed by atoms with Crippen molar-refractivity contribution in [3.63, 3.8) is 0 Å². The van der Waals surface area contributed by atoms with Crippen LogP contribution < -0.4 is 10.1 Å². The molecule has 0 fully saturated rings. The van der Waals surface area contributed by atoms with Gasteiger partial charge in [0.25, 0.3) is 0 Å². The highest BCUT2D eigenvalue weighted by atomic mass is 16.6. The molecular weight excluding hydrogens is 290 g/mol. The topological polar surface area (TPSA) is 47.6 Å². The quantitative estimate of drug-likeness (QED) is 0.837. The van der Waals surface area contributed by atoms with E-state index in [2.05, 4.69) is 30.4 Å². The molecule has 124 valence electrons. The highest BCUT2D eigenvalue weighted by molar-refractivity contribution is 5.87. The first-order chi connectivity index (χ1) is 10.9. The van der Waals surface area contributed by atoms with Gasteiger partial charge in [-0.15, -0.1) is 0 Å². The van der Waals surface area contributed by atoms with Crippen LogP contribution in [0.15, 0.2) is 36.4 Å². The summed E-state index contributed by atoms with van der Waals surface area (Å²) >= 11 is 0. The van der Waals surface area contributed by atoms with Crippen molar-refractivity contribution < 1.29 is 14.3 Å². The van der Waals surface area contributed by atoms with Crippen molar-refractivity contribution >= 4 is 16.9 Å². The zero-order valence-electron chi connectivity index (χ0n) is 14.3. The van der Waals surface area contributed by atoms with Gasteiger partial charge in [-0.25, -0.2) is 4.79 Å². The molecule has 0 aliphatic rings. The summed E-state index contributed by atoms with van der Waals surface area (Å²) in [5.41, 5.74) is 0.707. The molecule has 0 spiro atoms. The Bertz CT molecular complexity index is 674. The molecule has 2 aromatic rings. The molecule has 1 N–H and O–H groups in total. The summed E-state index contributed by atoms with van der Waals surface area (Å²) in [4.78, 5) is 11.6. The molecule has 0 aliphatic carbocycles. The summed E-state index contributed by atoms with van der Waals surface area (Å²) in [5.74, 6) is 0.872. The number of carbonyl (C=O) groups is 1. The van der Waals surface area contributed by atoms with Crippen LogP contribution in [0.25, 0.3) is 10.8 Å². The monoisotopic (exact) mass is 315 g/mol. The Balaban J connectivity index is 1.94. The molecule has 0 bridgehead atoms. The second kappa shape index (κ2) is 7.36. The van der Waals surface area contributed by atoms with E-state index in [9.17, 15) is 4.79 Å². The molecule has 0 unspecified atom stereocenters. The predicted octanol–water partition coefficient (Wildman–Crippen LogP) is 4.31. The minimum Gasteiger partial charge on any atom is -0.491 e. The Labute approximate surface area is 137 Å². The van der Waals surface area contributed by atoms with E-state index in [1.807, 2.05) is 39.0 Å². The minimum absolute atomic E-state index is 0.407. The van der Waals surface area contributed by atoms with Crippen LogP contribution in [0.4, 0.5) is 4.79 Å². The van der Waals surface area contributed by atoms with Crippen LogP contribution in [0.1, 0.15) is 33.3 Å². The molecule has 2 rings (SSSR count). The number of hydrogen-bond donors (Lipinski definition) is 1. The Morgan fingerprint density at radius 1 is 1.13 bits per heavy atom. The number of benzene rings is 2. The third-order valence-electron chi connectivity index (χ3n) is 3.38. The molecule has 0 heterocycles. The third kappa shape index (κ3) is 4.88. The Hall–Kier alpha value is -2.23. The van der Waals surface area contributed by atoms with E-state index in [1.165, 1.54) is 16.3 Å². The fraction of sp³-hybridized carbons (Fsp3) is 0.421. The van der Waals surface area contributed by atoms with Gasteiger partial charge in [-0.1, -0.05) is 37.3 Å². The predicted molar refractivity (Wildman–Crippen MR) is 93.1 cm³/mol. The maximum atomic E-state index is 11.6.